The average Bonchev–Trinajstić information content (AvgIpc) is 2.58. The van der Waals surface area contributed by atoms with Crippen molar-refractivity contribution in [1.29, 1.82) is 0 Å². The molecule has 1 aromatic carbocycles. The van der Waals surface area contributed by atoms with Crippen molar-refractivity contribution in [3.8, 4) is 11.3 Å². The minimum absolute atomic E-state index is 0.0115. The molecule has 0 aliphatic rings. The van der Waals surface area contributed by atoms with E-state index in [1.54, 1.807) is 12.1 Å². The Morgan fingerprint density at radius 1 is 1.38 bits per heavy atom. The first-order chi connectivity index (χ1) is 7.58. The Balaban J connectivity index is 2.48. The monoisotopic (exact) mass is 240 g/mol. The normalized spacial score (nSPS) is 11.0. The minimum atomic E-state index is -2.47. The summed E-state index contributed by atoms with van der Waals surface area (Å²) in [6, 6.07) is 6.14. The Bertz CT molecular complexity index is 508. The van der Waals surface area contributed by atoms with Gasteiger partial charge >= 0.3 is 0 Å². The predicted molar refractivity (Wildman–Crippen MR) is 61.7 cm³/mol. The highest BCUT2D eigenvalue weighted by molar-refractivity contribution is 7.16. The third-order valence-corrected chi connectivity index (χ3v) is 2.97. The van der Waals surface area contributed by atoms with Crippen molar-refractivity contribution in [2.24, 2.45) is 0 Å². The maximum Gasteiger partial charge on any atom is 0.263 e. The lowest BCUT2D eigenvalue weighted by Crippen LogP contribution is -1.89. The number of benzene rings is 1. The third kappa shape index (κ3) is 2.04. The summed E-state index contributed by atoms with van der Waals surface area (Å²) < 4.78 is 25.0. The van der Waals surface area contributed by atoms with Crippen LogP contribution in [0, 0.1) is 6.92 Å². The van der Waals surface area contributed by atoms with Crippen LogP contribution in [0.15, 0.2) is 24.3 Å². The maximum atomic E-state index is 12.5. The molecule has 0 aliphatic carbocycles. The molecule has 0 fully saturated rings. The summed E-state index contributed by atoms with van der Waals surface area (Å²) in [6.07, 6.45) is -2.47. The van der Waals surface area contributed by atoms with E-state index in [1.165, 1.54) is 23.5 Å². The largest absolute Gasteiger partial charge is 0.389 e. The number of anilines is 1. The van der Waals surface area contributed by atoms with Crippen LogP contribution in [-0.4, -0.2) is 4.98 Å². The Labute approximate surface area is 95.7 Å². The molecule has 2 nitrogen and oxygen atoms in total. The highest BCUT2D eigenvalue weighted by Gasteiger charge is 2.12. The van der Waals surface area contributed by atoms with Crippen molar-refractivity contribution >= 4 is 16.3 Å². The van der Waals surface area contributed by atoms with Crippen LogP contribution in [0.1, 0.15) is 17.0 Å². The van der Waals surface area contributed by atoms with Crippen molar-refractivity contribution in [2.75, 3.05) is 5.73 Å². The molecule has 0 atom stereocenters. The van der Waals surface area contributed by atoms with E-state index in [4.69, 9.17) is 5.73 Å². The van der Waals surface area contributed by atoms with Crippen molar-refractivity contribution in [3.63, 3.8) is 0 Å². The van der Waals surface area contributed by atoms with E-state index in [-0.39, 0.29) is 5.56 Å². The molecule has 5 heteroatoms. The van der Waals surface area contributed by atoms with Crippen LogP contribution in [0.25, 0.3) is 11.3 Å². The van der Waals surface area contributed by atoms with Gasteiger partial charge in [-0.25, -0.2) is 13.8 Å². The minimum Gasteiger partial charge on any atom is -0.389 e. The van der Waals surface area contributed by atoms with Gasteiger partial charge in [0.05, 0.1) is 5.01 Å². The van der Waals surface area contributed by atoms with Gasteiger partial charge in [-0.3, -0.25) is 0 Å². The van der Waals surface area contributed by atoms with Gasteiger partial charge < -0.3 is 5.73 Å². The zero-order chi connectivity index (χ0) is 11.7. The van der Waals surface area contributed by atoms with Crippen LogP contribution in [0.3, 0.4) is 0 Å². The van der Waals surface area contributed by atoms with E-state index in [2.05, 4.69) is 4.98 Å². The van der Waals surface area contributed by atoms with Gasteiger partial charge in [0, 0.05) is 11.1 Å². The molecule has 1 aromatic heterocycles. The number of nitrogens with zero attached hydrogens (tertiary/aromatic N) is 1. The smallest absolute Gasteiger partial charge is 0.263 e. The summed E-state index contributed by atoms with van der Waals surface area (Å²) in [5, 5.41) is 1.39. The summed E-state index contributed by atoms with van der Waals surface area (Å²) in [4.78, 5) is 4.23. The van der Waals surface area contributed by atoms with Gasteiger partial charge in [-0.05, 0) is 13.0 Å². The fourth-order valence-electron chi connectivity index (χ4n) is 1.47. The standard InChI is InChI=1S/C11H10F2N2S/c1-6-15-9(11(14)16-6)7-3-2-4-8(5-7)10(12)13/h2-5,10H,14H2,1H3. The Hall–Kier alpha value is -1.49. The number of nitrogen functional groups attached to an aromatic ring is 1. The molecule has 0 saturated heterocycles. The fraction of sp³-hybridized carbons (Fsp3) is 0.182. The van der Waals surface area contributed by atoms with E-state index in [0.717, 1.165) is 5.01 Å². The van der Waals surface area contributed by atoms with E-state index < -0.39 is 6.43 Å². The zero-order valence-corrected chi connectivity index (χ0v) is 9.39. The number of aromatic nitrogens is 1. The number of thiazole rings is 1. The second kappa shape index (κ2) is 4.17. The number of nitrogens with two attached hydrogens (primary N) is 1. The lowest BCUT2D eigenvalue weighted by Gasteiger charge is -2.02. The molecular formula is C11H10F2N2S. The maximum absolute atomic E-state index is 12.5. The molecule has 2 aromatic rings. The summed E-state index contributed by atoms with van der Waals surface area (Å²) in [6.45, 7) is 1.83. The Morgan fingerprint density at radius 3 is 2.69 bits per heavy atom. The number of aryl methyl sites for hydroxylation is 1. The molecule has 16 heavy (non-hydrogen) atoms. The molecule has 0 saturated carbocycles. The van der Waals surface area contributed by atoms with Gasteiger partial charge in [0.15, 0.2) is 0 Å². The first-order valence-electron chi connectivity index (χ1n) is 4.69. The van der Waals surface area contributed by atoms with E-state index in [1.807, 2.05) is 6.92 Å². The Morgan fingerprint density at radius 2 is 2.12 bits per heavy atom. The molecule has 2 rings (SSSR count). The lowest BCUT2D eigenvalue weighted by molar-refractivity contribution is 0.151. The second-order valence-electron chi connectivity index (χ2n) is 3.37. The quantitative estimate of drug-likeness (QED) is 0.870. The van der Waals surface area contributed by atoms with Crippen LogP contribution < -0.4 is 5.73 Å². The zero-order valence-electron chi connectivity index (χ0n) is 8.58. The number of halogens is 2. The number of hydrogen-bond acceptors (Lipinski definition) is 3. The number of rotatable bonds is 2. The molecule has 0 bridgehead atoms. The van der Waals surface area contributed by atoms with E-state index in [9.17, 15) is 8.78 Å². The number of alkyl halides is 2. The molecule has 2 N–H and O–H groups in total. The average molecular weight is 240 g/mol. The van der Waals surface area contributed by atoms with Gasteiger partial charge in [-0.15, -0.1) is 11.3 Å². The van der Waals surface area contributed by atoms with Crippen LogP contribution >= 0.6 is 11.3 Å². The SMILES string of the molecule is Cc1nc(-c2cccc(C(F)F)c2)c(N)s1. The fourth-order valence-corrected chi connectivity index (χ4v) is 2.19. The molecule has 0 aliphatic heterocycles. The van der Waals surface area contributed by atoms with Crippen molar-refractivity contribution in [3.05, 3.63) is 34.8 Å². The van der Waals surface area contributed by atoms with Gasteiger partial charge in [0.1, 0.15) is 10.7 Å². The lowest BCUT2D eigenvalue weighted by atomic mass is 10.1. The molecule has 0 amide bonds. The topological polar surface area (TPSA) is 38.9 Å². The van der Waals surface area contributed by atoms with E-state index >= 15 is 0 Å². The first kappa shape index (κ1) is 11.0. The van der Waals surface area contributed by atoms with Crippen molar-refractivity contribution in [1.82, 2.24) is 4.98 Å². The molecular weight excluding hydrogens is 230 g/mol. The van der Waals surface area contributed by atoms with Crippen LogP contribution in [-0.2, 0) is 0 Å². The van der Waals surface area contributed by atoms with Crippen LogP contribution in [0.5, 0.6) is 0 Å². The van der Waals surface area contributed by atoms with Crippen LogP contribution in [0.2, 0.25) is 0 Å². The number of hydrogen-bond donors (Lipinski definition) is 1. The summed E-state index contributed by atoms with van der Waals surface area (Å²) in [5.74, 6) is 0. The molecule has 0 radical (unpaired) electrons. The molecule has 84 valence electrons. The van der Waals surface area contributed by atoms with Crippen molar-refractivity contribution in [2.45, 2.75) is 13.3 Å². The highest BCUT2D eigenvalue weighted by Crippen LogP contribution is 2.32. The van der Waals surface area contributed by atoms with Gasteiger partial charge in [0.2, 0.25) is 0 Å². The predicted octanol–water partition coefficient (Wildman–Crippen LogP) is 3.64. The summed E-state index contributed by atoms with van der Waals surface area (Å²) in [5.41, 5.74) is 6.98. The molecule has 0 unspecified atom stereocenters. The summed E-state index contributed by atoms with van der Waals surface area (Å²) >= 11 is 1.36. The molecule has 1 heterocycles. The highest BCUT2D eigenvalue weighted by atomic mass is 32.1. The van der Waals surface area contributed by atoms with Crippen molar-refractivity contribution < 1.29 is 8.78 Å². The third-order valence-electron chi connectivity index (χ3n) is 2.17. The van der Waals surface area contributed by atoms with Crippen LogP contribution in [0.4, 0.5) is 13.8 Å². The molecule has 0 spiro atoms. The van der Waals surface area contributed by atoms with Gasteiger partial charge in [0.25, 0.3) is 6.43 Å². The van der Waals surface area contributed by atoms with Gasteiger partial charge in [-0.1, -0.05) is 18.2 Å². The first-order valence-corrected chi connectivity index (χ1v) is 5.51. The second-order valence-corrected chi connectivity index (χ2v) is 4.61. The summed E-state index contributed by atoms with van der Waals surface area (Å²) in [7, 11) is 0. The van der Waals surface area contributed by atoms with E-state index in [0.29, 0.717) is 16.3 Å². The Kier molecular flexibility index (Phi) is 2.87. The van der Waals surface area contributed by atoms with Gasteiger partial charge in [-0.2, -0.15) is 0 Å².